The highest BCUT2D eigenvalue weighted by molar-refractivity contribution is 7.80. The summed E-state index contributed by atoms with van der Waals surface area (Å²) in [5, 5.41) is 6.87. The quantitative estimate of drug-likeness (QED) is 0.839. The Morgan fingerprint density at radius 3 is 2.60 bits per heavy atom. The van der Waals surface area contributed by atoms with Crippen LogP contribution in [0.5, 0.6) is 0 Å². The van der Waals surface area contributed by atoms with Crippen LogP contribution in [0.4, 0.5) is 5.82 Å². The minimum absolute atomic E-state index is 0.0650. The molecule has 0 fully saturated rings. The maximum atomic E-state index is 5.92. The van der Waals surface area contributed by atoms with Gasteiger partial charge in [-0.15, -0.1) is 0 Å². The Morgan fingerprint density at radius 1 is 1.25 bits per heavy atom. The van der Waals surface area contributed by atoms with Gasteiger partial charge in [0.15, 0.2) is 16.1 Å². The molecule has 0 saturated heterocycles. The fraction of sp³-hybridized carbons (Fsp3) is 0.154. The molecule has 0 aliphatic rings. The normalized spacial score (nSPS) is 11.8. The molecule has 1 atom stereocenters. The first kappa shape index (κ1) is 15.0. The van der Waals surface area contributed by atoms with Crippen LogP contribution in [0.2, 0.25) is 10.3 Å². The predicted molar refractivity (Wildman–Crippen MR) is 86.3 cm³/mol. The lowest BCUT2D eigenvalue weighted by Crippen LogP contribution is -2.31. The van der Waals surface area contributed by atoms with Crippen molar-refractivity contribution in [2.75, 3.05) is 5.32 Å². The van der Waals surface area contributed by atoms with Gasteiger partial charge in [-0.25, -0.2) is 9.97 Å². The topological polar surface area (TPSA) is 49.8 Å². The Kier molecular flexibility index (Phi) is 5.11. The maximum absolute atomic E-state index is 5.92. The molecule has 0 aliphatic carbocycles. The number of nitrogens with one attached hydrogen (secondary N) is 2. The molecule has 0 bridgehead atoms. The molecule has 4 nitrogen and oxygen atoms in total. The van der Waals surface area contributed by atoms with E-state index in [0.717, 1.165) is 5.56 Å². The van der Waals surface area contributed by atoms with Crippen molar-refractivity contribution in [2.45, 2.75) is 13.0 Å². The molecule has 7 heteroatoms. The van der Waals surface area contributed by atoms with Crippen molar-refractivity contribution in [3.8, 4) is 0 Å². The van der Waals surface area contributed by atoms with Gasteiger partial charge in [0.05, 0.1) is 12.2 Å². The van der Waals surface area contributed by atoms with Crippen molar-refractivity contribution >= 4 is 46.4 Å². The molecule has 2 N–H and O–H groups in total. The van der Waals surface area contributed by atoms with E-state index in [0.29, 0.717) is 10.9 Å². The first-order chi connectivity index (χ1) is 9.56. The maximum Gasteiger partial charge on any atom is 0.173 e. The van der Waals surface area contributed by atoms with E-state index < -0.39 is 0 Å². The number of rotatable bonds is 3. The molecule has 20 heavy (non-hydrogen) atoms. The average molecular weight is 327 g/mol. The van der Waals surface area contributed by atoms with Gasteiger partial charge in [0.1, 0.15) is 5.15 Å². The van der Waals surface area contributed by atoms with Crippen LogP contribution < -0.4 is 10.6 Å². The number of benzene rings is 1. The molecular weight excluding hydrogens is 315 g/mol. The van der Waals surface area contributed by atoms with Gasteiger partial charge in [-0.2, -0.15) is 0 Å². The van der Waals surface area contributed by atoms with E-state index in [2.05, 4.69) is 20.6 Å². The average Bonchev–Trinajstić information content (AvgIpc) is 2.43. The van der Waals surface area contributed by atoms with E-state index >= 15 is 0 Å². The Balaban J connectivity index is 1.99. The van der Waals surface area contributed by atoms with Crippen LogP contribution in [0.25, 0.3) is 0 Å². The van der Waals surface area contributed by atoms with Crippen molar-refractivity contribution in [1.82, 2.24) is 15.3 Å². The Hall–Kier alpha value is -1.43. The van der Waals surface area contributed by atoms with Gasteiger partial charge >= 0.3 is 0 Å². The van der Waals surface area contributed by atoms with E-state index in [1.54, 1.807) is 0 Å². The number of nitrogens with zero attached hydrogens (tertiary/aromatic N) is 2. The second-order valence-corrected chi connectivity index (χ2v) is 5.22. The summed E-state index contributed by atoms with van der Waals surface area (Å²) in [6.45, 7) is 2.01. The Bertz CT molecular complexity index is 607. The van der Waals surface area contributed by atoms with Crippen molar-refractivity contribution in [2.24, 2.45) is 0 Å². The van der Waals surface area contributed by atoms with Gasteiger partial charge < -0.3 is 10.6 Å². The lowest BCUT2D eigenvalue weighted by atomic mass is 10.1. The van der Waals surface area contributed by atoms with Crippen molar-refractivity contribution in [1.29, 1.82) is 0 Å². The number of hydrogen-bond acceptors (Lipinski definition) is 3. The minimum Gasteiger partial charge on any atom is -0.356 e. The van der Waals surface area contributed by atoms with E-state index in [9.17, 15) is 0 Å². The molecule has 0 radical (unpaired) electrons. The zero-order chi connectivity index (χ0) is 14.5. The van der Waals surface area contributed by atoms with Crippen LogP contribution in [-0.4, -0.2) is 15.1 Å². The second-order valence-electron chi connectivity index (χ2n) is 4.06. The summed E-state index contributed by atoms with van der Waals surface area (Å²) in [5.74, 6) is 0.369. The first-order valence-electron chi connectivity index (χ1n) is 5.87. The second kappa shape index (κ2) is 6.83. The molecule has 1 unspecified atom stereocenters. The Labute approximate surface area is 132 Å². The number of hydrogen-bond donors (Lipinski definition) is 2. The molecule has 0 spiro atoms. The van der Waals surface area contributed by atoms with E-state index in [1.165, 1.54) is 6.20 Å². The zero-order valence-corrected chi connectivity index (χ0v) is 12.9. The molecule has 1 aromatic carbocycles. The summed E-state index contributed by atoms with van der Waals surface area (Å²) >= 11 is 16.8. The number of aromatic nitrogens is 2. The van der Waals surface area contributed by atoms with Crippen molar-refractivity contribution < 1.29 is 0 Å². The van der Waals surface area contributed by atoms with Crippen LogP contribution >= 0.6 is 35.4 Å². The number of anilines is 1. The van der Waals surface area contributed by atoms with Gasteiger partial charge in [0, 0.05) is 0 Å². The number of halogens is 2. The molecule has 1 heterocycles. The zero-order valence-electron chi connectivity index (χ0n) is 10.6. The Morgan fingerprint density at radius 2 is 1.95 bits per heavy atom. The van der Waals surface area contributed by atoms with Gasteiger partial charge in [0.2, 0.25) is 0 Å². The van der Waals surface area contributed by atoms with Gasteiger partial charge in [0.25, 0.3) is 0 Å². The molecule has 0 amide bonds. The molecule has 1 aromatic heterocycles. The van der Waals surface area contributed by atoms with E-state index in [4.69, 9.17) is 35.4 Å². The van der Waals surface area contributed by atoms with Crippen LogP contribution in [-0.2, 0) is 0 Å². The van der Waals surface area contributed by atoms with E-state index in [-0.39, 0.29) is 16.3 Å². The van der Waals surface area contributed by atoms with Crippen LogP contribution in [0.1, 0.15) is 18.5 Å². The highest BCUT2D eigenvalue weighted by Gasteiger charge is 2.09. The van der Waals surface area contributed by atoms with Crippen molar-refractivity contribution in [3.05, 3.63) is 52.4 Å². The summed E-state index contributed by atoms with van der Waals surface area (Å²) in [4.78, 5) is 7.92. The van der Waals surface area contributed by atoms with Crippen molar-refractivity contribution in [3.63, 3.8) is 0 Å². The van der Waals surface area contributed by atoms with Crippen LogP contribution in [0, 0.1) is 0 Å². The van der Waals surface area contributed by atoms with Gasteiger partial charge in [-0.3, -0.25) is 0 Å². The summed E-state index contributed by atoms with van der Waals surface area (Å²) in [6.07, 6.45) is 1.40. The standard InChI is InChI=1S/C13H12Cl2N4S/c1-8(9-5-3-2-4-6-9)17-13(20)19-12-11(15)18-10(14)7-16-12/h2-8H,1H3,(H2,16,17,19,20). The highest BCUT2D eigenvalue weighted by Crippen LogP contribution is 2.18. The molecule has 104 valence electrons. The molecule has 2 aromatic rings. The molecule has 0 aliphatic heterocycles. The lowest BCUT2D eigenvalue weighted by molar-refractivity contribution is 0.722. The third-order valence-corrected chi connectivity index (χ3v) is 3.25. The third-order valence-electron chi connectivity index (χ3n) is 2.58. The molecule has 0 saturated carbocycles. The van der Waals surface area contributed by atoms with Crippen LogP contribution in [0.3, 0.4) is 0 Å². The van der Waals surface area contributed by atoms with E-state index in [1.807, 2.05) is 37.3 Å². The van der Waals surface area contributed by atoms with Crippen LogP contribution in [0.15, 0.2) is 36.5 Å². The van der Waals surface area contributed by atoms with Gasteiger partial charge in [-0.1, -0.05) is 53.5 Å². The predicted octanol–water partition coefficient (Wildman–Crippen LogP) is 3.83. The third kappa shape index (κ3) is 4.03. The highest BCUT2D eigenvalue weighted by atomic mass is 35.5. The molecular formula is C13H12Cl2N4S. The minimum atomic E-state index is 0.0650. The smallest absolute Gasteiger partial charge is 0.173 e. The SMILES string of the molecule is CC(NC(=S)Nc1ncc(Cl)nc1Cl)c1ccccc1. The molecule has 2 rings (SSSR count). The fourth-order valence-electron chi connectivity index (χ4n) is 1.60. The summed E-state index contributed by atoms with van der Waals surface area (Å²) in [5.41, 5.74) is 1.13. The monoisotopic (exact) mass is 326 g/mol. The summed E-state index contributed by atoms with van der Waals surface area (Å²) < 4.78 is 0. The van der Waals surface area contributed by atoms with Gasteiger partial charge in [-0.05, 0) is 24.7 Å². The number of thiocarbonyl (C=S) groups is 1. The fourth-order valence-corrected chi connectivity index (χ4v) is 2.23. The summed E-state index contributed by atoms with van der Waals surface area (Å²) in [6, 6.07) is 10.0. The lowest BCUT2D eigenvalue weighted by Gasteiger charge is -2.17. The first-order valence-corrected chi connectivity index (χ1v) is 7.03. The summed E-state index contributed by atoms with van der Waals surface area (Å²) in [7, 11) is 0. The largest absolute Gasteiger partial charge is 0.356 e.